The van der Waals surface area contributed by atoms with Crippen molar-refractivity contribution >= 4 is 35.1 Å². The number of hydrogen-bond donors (Lipinski definition) is 3. The Morgan fingerprint density at radius 2 is 2.04 bits per heavy atom. The van der Waals surface area contributed by atoms with Crippen molar-refractivity contribution in [2.45, 2.75) is 6.92 Å². The summed E-state index contributed by atoms with van der Waals surface area (Å²) in [5, 5.41) is 10.3. The van der Waals surface area contributed by atoms with Gasteiger partial charge < -0.3 is 16.4 Å². The molecule has 8 nitrogen and oxygen atoms in total. The van der Waals surface area contributed by atoms with Crippen LogP contribution in [0.15, 0.2) is 48.9 Å². The number of carbonyl (C=O) groups excluding carboxylic acids is 1. The van der Waals surface area contributed by atoms with Crippen molar-refractivity contribution in [2.75, 3.05) is 10.6 Å². The van der Waals surface area contributed by atoms with Gasteiger partial charge in [-0.05, 0) is 18.6 Å². The Bertz CT molecular complexity index is 962. The van der Waals surface area contributed by atoms with Gasteiger partial charge in [-0.3, -0.25) is 9.48 Å². The molecule has 0 saturated heterocycles. The predicted molar refractivity (Wildman–Crippen MR) is 101 cm³/mol. The van der Waals surface area contributed by atoms with Crippen LogP contribution in [0.3, 0.4) is 0 Å². The molecule has 0 unspecified atom stereocenters. The van der Waals surface area contributed by atoms with Crippen molar-refractivity contribution in [3.05, 3.63) is 60.1 Å². The van der Waals surface area contributed by atoms with Crippen LogP contribution in [0.1, 0.15) is 22.8 Å². The molecule has 8 heteroatoms. The molecule has 0 aliphatic carbocycles. The number of nitrogens with one attached hydrogen (secondary N) is 2. The normalized spacial score (nSPS) is 10.8. The molecule has 3 aromatic rings. The molecule has 0 atom stereocenters. The van der Waals surface area contributed by atoms with Gasteiger partial charge in [-0.25, -0.2) is 4.98 Å². The van der Waals surface area contributed by atoms with E-state index in [0.29, 0.717) is 11.8 Å². The average Bonchev–Trinajstić information content (AvgIpc) is 3.02. The number of benzene rings is 1. The number of amides is 1. The molecule has 1 aromatic carbocycles. The topological polar surface area (TPSA) is 111 Å². The summed E-state index contributed by atoms with van der Waals surface area (Å²) in [7, 11) is 1.81. The highest BCUT2D eigenvalue weighted by Crippen LogP contribution is 2.24. The third-order valence-electron chi connectivity index (χ3n) is 3.58. The summed E-state index contributed by atoms with van der Waals surface area (Å²) in [6.45, 7) is 1.94. The molecule has 1 amide bonds. The lowest BCUT2D eigenvalue weighted by molar-refractivity contribution is 0.100. The number of rotatable bonds is 6. The van der Waals surface area contributed by atoms with E-state index in [1.54, 1.807) is 17.1 Å². The Hall–Kier alpha value is -3.68. The van der Waals surface area contributed by atoms with Gasteiger partial charge in [0.25, 0.3) is 5.91 Å². The summed E-state index contributed by atoms with van der Waals surface area (Å²) in [4.78, 5) is 20.3. The average molecular weight is 349 g/mol. The van der Waals surface area contributed by atoms with E-state index in [2.05, 4.69) is 25.7 Å². The molecule has 0 aliphatic rings. The molecule has 0 saturated carbocycles. The summed E-state index contributed by atoms with van der Waals surface area (Å²) in [5.41, 5.74) is 8.17. The molecular formula is C18H19N7O. The predicted octanol–water partition coefficient (Wildman–Crippen LogP) is 2.83. The first-order valence-corrected chi connectivity index (χ1v) is 7.98. The lowest BCUT2D eigenvalue weighted by atomic mass is 10.1. The second-order valence-electron chi connectivity index (χ2n) is 5.56. The van der Waals surface area contributed by atoms with Crippen LogP contribution in [-0.4, -0.2) is 25.7 Å². The van der Waals surface area contributed by atoms with Gasteiger partial charge in [0.15, 0.2) is 0 Å². The number of allylic oxidation sites excluding steroid dienone is 1. The van der Waals surface area contributed by atoms with Crippen molar-refractivity contribution in [1.82, 2.24) is 19.7 Å². The number of anilines is 4. The fraction of sp³-hybridized carbons (Fsp3) is 0.111. The van der Waals surface area contributed by atoms with Crippen LogP contribution in [0, 0.1) is 0 Å². The zero-order valence-electron chi connectivity index (χ0n) is 14.5. The number of hydrogen-bond acceptors (Lipinski definition) is 6. The quantitative estimate of drug-likeness (QED) is 0.631. The van der Waals surface area contributed by atoms with Gasteiger partial charge in [0.1, 0.15) is 11.4 Å². The number of para-hydroxylation sites is 1. The molecule has 3 rings (SSSR count). The maximum absolute atomic E-state index is 11.8. The second kappa shape index (κ2) is 7.47. The first-order chi connectivity index (χ1) is 12.6. The van der Waals surface area contributed by atoms with Gasteiger partial charge in [-0.2, -0.15) is 10.1 Å². The minimum absolute atomic E-state index is 0.206. The highest BCUT2D eigenvalue weighted by Gasteiger charge is 2.14. The molecule has 2 heterocycles. The molecule has 26 heavy (non-hydrogen) atoms. The summed E-state index contributed by atoms with van der Waals surface area (Å²) in [5.74, 6) is 0.0498. The molecule has 0 fully saturated rings. The Morgan fingerprint density at radius 1 is 1.23 bits per heavy atom. The molecule has 0 spiro atoms. The second-order valence-corrected chi connectivity index (χ2v) is 5.56. The van der Waals surface area contributed by atoms with E-state index in [4.69, 9.17) is 5.73 Å². The van der Waals surface area contributed by atoms with Crippen LogP contribution in [-0.2, 0) is 7.05 Å². The van der Waals surface area contributed by atoms with E-state index in [9.17, 15) is 4.79 Å². The van der Waals surface area contributed by atoms with E-state index in [1.807, 2.05) is 50.4 Å². The van der Waals surface area contributed by atoms with Gasteiger partial charge in [0, 0.05) is 25.1 Å². The van der Waals surface area contributed by atoms with Crippen molar-refractivity contribution < 1.29 is 4.79 Å². The SMILES string of the molecule is C/C=C/c1ccccc1Nc1nc(Nc2cnn(C)c2)ncc1C(N)=O. The minimum Gasteiger partial charge on any atom is -0.365 e. The minimum atomic E-state index is -0.607. The standard InChI is InChI=1S/C18H19N7O/c1-3-6-12-7-4-5-8-15(12)23-17-14(16(19)26)10-20-18(24-17)22-13-9-21-25(2)11-13/h3-11H,1-2H3,(H2,19,26)(H2,20,22,23,24)/b6-3+. The van der Waals surface area contributed by atoms with E-state index in [1.165, 1.54) is 6.20 Å². The lowest BCUT2D eigenvalue weighted by Crippen LogP contribution is -2.16. The van der Waals surface area contributed by atoms with Crippen LogP contribution in [0.25, 0.3) is 6.08 Å². The molecule has 2 aromatic heterocycles. The van der Waals surface area contributed by atoms with Crippen LogP contribution in [0.4, 0.5) is 23.1 Å². The summed E-state index contributed by atoms with van der Waals surface area (Å²) in [6, 6.07) is 7.69. The third kappa shape index (κ3) is 3.86. The Morgan fingerprint density at radius 3 is 2.73 bits per heavy atom. The zero-order valence-corrected chi connectivity index (χ0v) is 14.5. The van der Waals surface area contributed by atoms with Crippen molar-refractivity contribution in [3.8, 4) is 0 Å². The maximum atomic E-state index is 11.8. The van der Waals surface area contributed by atoms with E-state index < -0.39 is 5.91 Å². The fourth-order valence-corrected chi connectivity index (χ4v) is 2.40. The maximum Gasteiger partial charge on any atom is 0.254 e. The smallest absolute Gasteiger partial charge is 0.254 e. The Labute approximate surface area is 150 Å². The summed E-state index contributed by atoms with van der Waals surface area (Å²) in [6.07, 6.45) is 8.74. The lowest BCUT2D eigenvalue weighted by Gasteiger charge is -2.12. The molecule has 0 radical (unpaired) electrons. The number of nitrogens with two attached hydrogens (primary N) is 1. The molecular weight excluding hydrogens is 330 g/mol. The van der Waals surface area contributed by atoms with Gasteiger partial charge in [-0.1, -0.05) is 30.4 Å². The van der Waals surface area contributed by atoms with Crippen molar-refractivity contribution in [1.29, 1.82) is 0 Å². The van der Waals surface area contributed by atoms with E-state index in [0.717, 1.165) is 16.9 Å². The molecule has 4 N–H and O–H groups in total. The summed E-state index contributed by atoms with van der Waals surface area (Å²) < 4.78 is 1.66. The van der Waals surface area contributed by atoms with Gasteiger partial charge >= 0.3 is 0 Å². The van der Waals surface area contributed by atoms with Crippen LogP contribution >= 0.6 is 0 Å². The first kappa shape index (κ1) is 17.2. The number of primary amides is 1. The Kier molecular flexibility index (Phi) is 4.93. The summed E-state index contributed by atoms with van der Waals surface area (Å²) >= 11 is 0. The molecule has 132 valence electrons. The highest BCUT2D eigenvalue weighted by atomic mass is 16.1. The van der Waals surface area contributed by atoms with Crippen molar-refractivity contribution in [3.63, 3.8) is 0 Å². The third-order valence-corrected chi connectivity index (χ3v) is 3.58. The number of nitrogens with zero attached hydrogens (tertiary/aromatic N) is 4. The molecule has 0 bridgehead atoms. The first-order valence-electron chi connectivity index (χ1n) is 7.98. The largest absolute Gasteiger partial charge is 0.365 e. The van der Waals surface area contributed by atoms with Gasteiger partial charge in [0.05, 0.1) is 11.9 Å². The fourth-order valence-electron chi connectivity index (χ4n) is 2.40. The molecule has 0 aliphatic heterocycles. The van der Waals surface area contributed by atoms with Crippen LogP contribution < -0.4 is 16.4 Å². The van der Waals surface area contributed by atoms with Gasteiger partial charge in [-0.15, -0.1) is 0 Å². The number of carbonyl (C=O) groups is 1. The van der Waals surface area contributed by atoms with E-state index in [-0.39, 0.29) is 5.56 Å². The monoisotopic (exact) mass is 349 g/mol. The Balaban J connectivity index is 1.96. The highest BCUT2D eigenvalue weighted by molar-refractivity contribution is 5.98. The van der Waals surface area contributed by atoms with Crippen LogP contribution in [0.2, 0.25) is 0 Å². The van der Waals surface area contributed by atoms with E-state index >= 15 is 0 Å². The van der Waals surface area contributed by atoms with Crippen LogP contribution in [0.5, 0.6) is 0 Å². The van der Waals surface area contributed by atoms with Crippen molar-refractivity contribution in [2.24, 2.45) is 12.8 Å². The zero-order chi connectivity index (χ0) is 18.5. The number of aromatic nitrogens is 4. The number of aryl methyl sites for hydroxylation is 1. The van der Waals surface area contributed by atoms with Gasteiger partial charge in [0.2, 0.25) is 5.95 Å².